The van der Waals surface area contributed by atoms with Gasteiger partial charge in [-0.15, -0.1) is 0 Å². The van der Waals surface area contributed by atoms with Gasteiger partial charge in [0, 0.05) is 26.2 Å². The average molecular weight is 359 g/mol. The molecule has 1 heterocycles. The van der Waals surface area contributed by atoms with Crippen LogP contribution in [0.5, 0.6) is 0 Å². The molecule has 2 fully saturated rings. The van der Waals surface area contributed by atoms with Gasteiger partial charge in [-0.2, -0.15) is 0 Å². The second-order valence-corrected chi connectivity index (χ2v) is 6.80. The number of nitrogens with one attached hydrogen (secondary N) is 1. The summed E-state index contributed by atoms with van der Waals surface area (Å²) in [5.74, 6) is -0.953. The summed E-state index contributed by atoms with van der Waals surface area (Å²) < 4.78 is 4.75. The molecule has 2 aliphatic rings. The molecule has 1 N–H and O–H groups in total. The molecule has 0 aromatic heterocycles. The number of likely N-dealkylation sites (N-methyl/N-ethyl adjacent to an activating group) is 1. The molecule has 1 aliphatic carbocycles. The molecule has 0 spiro atoms. The number of carbonyl (C=O) groups is 3. The standard InChI is InChI=1S/C19H25N3O4/c1-3-21-10-12-22(13-11-21)18(25)19(8-9-19)17(24)20-15-7-5-4-6-14(15)16(23)26-2/h4-7H,3,8-13H2,1-2H3,(H,20,24). The molecule has 2 amide bonds. The van der Waals surface area contributed by atoms with E-state index in [0.29, 0.717) is 31.6 Å². The number of methoxy groups -OCH3 is 1. The summed E-state index contributed by atoms with van der Waals surface area (Å²) in [6.07, 6.45) is 1.10. The normalized spacial score (nSPS) is 18.9. The van der Waals surface area contributed by atoms with Crippen LogP contribution in [0.1, 0.15) is 30.1 Å². The summed E-state index contributed by atoms with van der Waals surface area (Å²) >= 11 is 0. The van der Waals surface area contributed by atoms with E-state index in [2.05, 4.69) is 17.1 Å². The van der Waals surface area contributed by atoms with Crippen LogP contribution in [-0.2, 0) is 14.3 Å². The van der Waals surface area contributed by atoms with Crippen molar-refractivity contribution in [2.45, 2.75) is 19.8 Å². The van der Waals surface area contributed by atoms with Crippen LogP contribution in [0.25, 0.3) is 0 Å². The highest BCUT2D eigenvalue weighted by molar-refractivity contribution is 6.14. The van der Waals surface area contributed by atoms with Crippen molar-refractivity contribution < 1.29 is 19.1 Å². The lowest BCUT2D eigenvalue weighted by Gasteiger charge is -2.35. The van der Waals surface area contributed by atoms with Gasteiger partial charge in [-0.1, -0.05) is 19.1 Å². The van der Waals surface area contributed by atoms with E-state index in [9.17, 15) is 14.4 Å². The highest BCUT2D eigenvalue weighted by Crippen LogP contribution is 2.48. The molecular formula is C19H25N3O4. The first kappa shape index (κ1) is 18.4. The number of rotatable bonds is 5. The van der Waals surface area contributed by atoms with Gasteiger partial charge in [-0.25, -0.2) is 4.79 Å². The Labute approximate surface area is 153 Å². The number of esters is 1. The highest BCUT2D eigenvalue weighted by atomic mass is 16.5. The van der Waals surface area contributed by atoms with Crippen LogP contribution < -0.4 is 5.32 Å². The molecule has 1 aliphatic heterocycles. The monoisotopic (exact) mass is 359 g/mol. The van der Waals surface area contributed by atoms with Crippen molar-refractivity contribution in [3.05, 3.63) is 29.8 Å². The van der Waals surface area contributed by atoms with E-state index in [1.807, 2.05) is 0 Å². The third-order valence-electron chi connectivity index (χ3n) is 5.28. The topological polar surface area (TPSA) is 79.0 Å². The Morgan fingerprint density at radius 3 is 2.35 bits per heavy atom. The number of hydrogen-bond acceptors (Lipinski definition) is 5. The van der Waals surface area contributed by atoms with Crippen molar-refractivity contribution in [1.29, 1.82) is 0 Å². The van der Waals surface area contributed by atoms with Crippen LogP contribution in [0, 0.1) is 5.41 Å². The molecule has 140 valence electrons. The molecule has 26 heavy (non-hydrogen) atoms. The lowest BCUT2D eigenvalue weighted by Crippen LogP contribution is -2.52. The molecule has 0 unspecified atom stereocenters. The van der Waals surface area contributed by atoms with E-state index in [-0.39, 0.29) is 17.4 Å². The molecular weight excluding hydrogens is 334 g/mol. The van der Waals surface area contributed by atoms with E-state index in [1.165, 1.54) is 7.11 Å². The van der Waals surface area contributed by atoms with Crippen LogP contribution in [-0.4, -0.2) is 67.4 Å². The third-order valence-corrected chi connectivity index (χ3v) is 5.28. The second-order valence-electron chi connectivity index (χ2n) is 6.80. The predicted octanol–water partition coefficient (Wildman–Crippen LogP) is 1.36. The van der Waals surface area contributed by atoms with Crippen molar-refractivity contribution in [2.75, 3.05) is 45.2 Å². The van der Waals surface area contributed by atoms with E-state index in [0.717, 1.165) is 19.6 Å². The van der Waals surface area contributed by atoms with Crippen molar-refractivity contribution in [2.24, 2.45) is 5.41 Å². The lowest BCUT2D eigenvalue weighted by atomic mass is 10.0. The summed E-state index contributed by atoms with van der Waals surface area (Å²) in [5, 5.41) is 2.77. The zero-order valence-corrected chi connectivity index (χ0v) is 15.3. The number of ether oxygens (including phenoxy) is 1. The van der Waals surface area contributed by atoms with Gasteiger partial charge in [0.2, 0.25) is 11.8 Å². The van der Waals surface area contributed by atoms with E-state index in [1.54, 1.807) is 29.2 Å². The first-order valence-corrected chi connectivity index (χ1v) is 9.02. The highest BCUT2D eigenvalue weighted by Gasteiger charge is 2.58. The Morgan fingerprint density at radius 1 is 1.12 bits per heavy atom. The molecule has 1 aromatic rings. The fourth-order valence-corrected chi connectivity index (χ4v) is 3.35. The number of piperazine rings is 1. The first-order valence-electron chi connectivity index (χ1n) is 9.02. The molecule has 7 heteroatoms. The average Bonchev–Trinajstić information content (AvgIpc) is 3.49. The number of benzene rings is 1. The SMILES string of the molecule is CCN1CCN(C(=O)C2(C(=O)Nc3ccccc3C(=O)OC)CC2)CC1. The minimum atomic E-state index is -0.988. The van der Waals surface area contributed by atoms with E-state index < -0.39 is 11.4 Å². The number of anilines is 1. The van der Waals surface area contributed by atoms with Crippen molar-refractivity contribution >= 4 is 23.5 Å². The Morgan fingerprint density at radius 2 is 1.77 bits per heavy atom. The van der Waals surface area contributed by atoms with Gasteiger partial charge in [0.25, 0.3) is 0 Å². The van der Waals surface area contributed by atoms with Crippen LogP contribution in [0.4, 0.5) is 5.69 Å². The largest absolute Gasteiger partial charge is 0.465 e. The first-order chi connectivity index (χ1) is 12.5. The summed E-state index contributed by atoms with van der Waals surface area (Å²) in [7, 11) is 1.29. The summed E-state index contributed by atoms with van der Waals surface area (Å²) in [5.41, 5.74) is -0.333. The number of para-hydroxylation sites is 1. The number of amides is 2. The van der Waals surface area contributed by atoms with Crippen LogP contribution in [0.15, 0.2) is 24.3 Å². The Bertz CT molecular complexity index is 706. The van der Waals surface area contributed by atoms with Gasteiger partial charge in [0.15, 0.2) is 0 Å². The quantitative estimate of drug-likeness (QED) is 0.634. The fourth-order valence-electron chi connectivity index (χ4n) is 3.35. The van der Waals surface area contributed by atoms with Crippen LogP contribution >= 0.6 is 0 Å². The maximum absolute atomic E-state index is 12.9. The molecule has 7 nitrogen and oxygen atoms in total. The van der Waals surface area contributed by atoms with E-state index in [4.69, 9.17) is 4.74 Å². The van der Waals surface area contributed by atoms with E-state index >= 15 is 0 Å². The zero-order chi connectivity index (χ0) is 18.7. The van der Waals surface area contributed by atoms with Gasteiger partial charge in [-0.05, 0) is 31.5 Å². The lowest BCUT2D eigenvalue weighted by molar-refractivity contribution is -0.143. The van der Waals surface area contributed by atoms with Crippen molar-refractivity contribution in [3.8, 4) is 0 Å². The molecule has 0 atom stereocenters. The Kier molecular flexibility index (Phi) is 5.27. The molecule has 0 radical (unpaired) electrons. The minimum Gasteiger partial charge on any atom is -0.465 e. The van der Waals surface area contributed by atoms with Gasteiger partial charge < -0.3 is 19.9 Å². The van der Waals surface area contributed by atoms with Crippen molar-refractivity contribution in [3.63, 3.8) is 0 Å². The van der Waals surface area contributed by atoms with Crippen LogP contribution in [0.2, 0.25) is 0 Å². The summed E-state index contributed by atoms with van der Waals surface area (Å²) in [6, 6.07) is 6.66. The predicted molar refractivity (Wildman–Crippen MR) is 96.8 cm³/mol. The molecule has 1 aromatic carbocycles. The Hall–Kier alpha value is -2.41. The van der Waals surface area contributed by atoms with Crippen molar-refractivity contribution in [1.82, 2.24) is 9.80 Å². The number of hydrogen-bond donors (Lipinski definition) is 1. The summed E-state index contributed by atoms with van der Waals surface area (Å²) in [6.45, 7) is 6.06. The third kappa shape index (κ3) is 3.44. The molecule has 0 bridgehead atoms. The molecule has 1 saturated carbocycles. The van der Waals surface area contributed by atoms with Crippen LogP contribution in [0.3, 0.4) is 0 Å². The fraction of sp³-hybridized carbons (Fsp3) is 0.526. The maximum Gasteiger partial charge on any atom is 0.339 e. The number of carbonyl (C=O) groups excluding carboxylic acids is 3. The van der Waals surface area contributed by atoms with Gasteiger partial charge in [0.1, 0.15) is 5.41 Å². The summed E-state index contributed by atoms with van der Waals surface area (Å²) in [4.78, 5) is 41.7. The Balaban J connectivity index is 1.70. The maximum atomic E-state index is 12.9. The smallest absolute Gasteiger partial charge is 0.339 e. The molecule has 3 rings (SSSR count). The van der Waals surface area contributed by atoms with Gasteiger partial charge in [-0.3, -0.25) is 9.59 Å². The van der Waals surface area contributed by atoms with Gasteiger partial charge in [0.05, 0.1) is 18.4 Å². The van der Waals surface area contributed by atoms with Gasteiger partial charge >= 0.3 is 5.97 Å². The number of nitrogens with zero attached hydrogens (tertiary/aromatic N) is 2. The second kappa shape index (κ2) is 7.45. The molecule has 1 saturated heterocycles. The minimum absolute atomic E-state index is 0.0960. The zero-order valence-electron chi connectivity index (χ0n) is 15.3.